The summed E-state index contributed by atoms with van der Waals surface area (Å²) in [6.07, 6.45) is 1.47. The van der Waals surface area contributed by atoms with Gasteiger partial charge in [-0.25, -0.2) is 9.97 Å². The molecular formula is C15H18ClN3O. The Morgan fingerprint density at radius 3 is 2.80 bits per heavy atom. The minimum atomic E-state index is 0.244. The summed E-state index contributed by atoms with van der Waals surface area (Å²) in [7, 11) is 1.68. The smallest absolute Gasteiger partial charge is 0.138 e. The molecule has 0 fully saturated rings. The Balaban J connectivity index is 2.30. The molecule has 0 atom stereocenters. The van der Waals surface area contributed by atoms with Crippen molar-refractivity contribution in [1.29, 1.82) is 0 Å². The number of aromatic nitrogens is 2. The molecule has 0 aliphatic rings. The monoisotopic (exact) mass is 291 g/mol. The van der Waals surface area contributed by atoms with Gasteiger partial charge in [-0.15, -0.1) is 0 Å². The number of ether oxygens (including phenoxy) is 1. The van der Waals surface area contributed by atoms with Crippen molar-refractivity contribution in [3.05, 3.63) is 46.9 Å². The van der Waals surface area contributed by atoms with Crippen molar-refractivity contribution in [2.45, 2.75) is 26.4 Å². The minimum Gasteiger partial charge on any atom is -0.380 e. The molecule has 4 nitrogen and oxygen atoms in total. The zero-order chi connectivity index (χ0) is 14.5. The maximum absolute atomic E-state index is 6.16. The average Bonchev–Trinajstić information content (AvgIpc) is 2.39. The summed E-state index contributed by atoms with van der Waals surface area (Å²) < 4.78 is 5.14. The molecule has 0 spiro atoms. The Bertz CT molecular complexity index is 587. The second kappa shape index (κ2) is 6.68. The topological polar surface area (TPSA) is 47.0 Å². The van der Waals surface area contributed by atoms with E-state index in [1.54, 1.807) is 7.11 Å². The lowest BCUT2D eigenvalue weighted by atomic mass is 10.1. The molecule has 0 aliphatic heterocycles. The molecule has 1 aromatic carbocycles. The second-order valence-electron chi connectivity index (χ2n) is 4.84. The number of rotatable bonds is 5. The third kappa shape index (κ3) is 3.46. The molecule has 106 valence electrons. The van der Waals surface area contributed by atoms with E-state index in [0.29, 0.717) is 11.8 Å². The van der Waals surface area contributed by atoms with Gasteiger partial charge >= 0.3 is 0 Å². The average molecular weight is 292 g/mol. The predicted molar refractivity (Wildman–Crippen MR) is 81.6 cm³/mol. The number of hydrogen-bond donors (Lipinski definition) is 1. The number of nitrogens with one attached hydrogen (secondary N) is 1. The zero-order valence-corrected chi connectivity index (χ0v) is 12.6. The van der Waals surface area contributed by atoms with Crippen molar-refractivity contribution in [3.63, 3.8) is 0 Å². The molecule has 0 radical (unpaired) electrons. The van der Waals surface area contributed by atoms with E-state index >= 15 is 0 Å². The molecule has 2 aromatic rings. The lowest BCUT2D eigenvalue weighted by Gasteiger charge is -2.14. The fraction of sp³-hybridized carbons (Fsp3) is 0.333. The van der Waals surface area contributed by atoms with E-state index in [9.17, 15) is 0 Å². The van der Waals surface area contributed by atoms with Gasteiger partial charge in [0.15, 0.2) is 0 Å². The lowest BCUT2D eigenvalue weighted by molar-refractivity contribution is 0.185. The van der Waals surface area contributed by atoms with Crippen molar-refractivity contribution in [2.75, 3.05) is 12.4 Å². The van der Waals surface area contributed by atoms with Gasteiger partial charge in [-0.3, -0.25) is 0 Å². The highest BCUT2D eigenvalue weighted by molar-refractivity contribution is 6.30. The van der Waals surface area contributed by atoms with Gasteiger partial charge in [0.05, 0.1) is 6.61 Å². The normalized spacial score (nSPS) is 10.8. The number of hydrogen-bond acceptors (Lipinski definition) is 4. The largest absolute Gasteiger partial charge is 0.380 e. The van der Waals surface area contributed by atoms with Crippen LogP contribution in [0.15, 0.2) is 30.6 Å². The Hall–Kier alpha value is -1.65. The Morgan fingerprint density at radius 1 is 1.30 bits per heavy atom. The van der Waals surface area contributed by atoms with Gasteiger partial charge in [-0.2, -0.15) is 0 Å². The summed E-state index contributed by atoms with van der Waals surface area (Å²) in [5.74, 6) is 0.989. The fourth-order valence-corrected chi connectivity index (χ4v) is 2.38. The molecule has 0 saturated heterocycles. The first-order valence-corrected chi connectivity index (χ1v) is 6.85. The van der Waals surface area contributed by atoms with Crippen LogP contribution in [-0.4, -0.2) is 17.1 Å². The van der Waals surface area contributed by atoms with Crippen LogP contribution in [0.1, 0.15) is 30.9 Å². The SMILES string of the molecule is COCc1cccc(Nc2ncnc(Cl)c2C(C)C)c1. The highest BCUT2D eigenvalue weighted by atomic mass is 35.5. The molecule has 0 aliphatic carbocycles. The van der Waals surface area contributed by atoms with Crippen LogP contribution in [0.3, 0.4) is 0 Å². The number of methoxy groups -OCH3 is 1. The third-order valence-electron chi connectivity index (χ3n) is 2.91. The molecule has 5 heteroatoms. The summed E-state index contributed by atoms with van der Waals surface area (Å²) in [5.41, 5.74) is 2.98. The first kappa shape index (κ1) is 14.8. The standard InChI is InChI=1S/C15H18ClN3O/c1-10(2)13-14(16)17-9-18-15(13)19-12-6-4-5-11(7-12)8-20-3/h4-7,9-10H,8H2,1-3H3,(H,17,18,19). The summed E-state index contributed by atoms with van der Waals surface area (Å²) >= 11 is 6.16. The van der Waals surface area contributed by atoms with Crippen molar-refractivity contribution in [2.24, 2.45) is 0 Å². The zero-order valence-electron chi connectivity index (χ0n) is 11.9. The van der Waals surface area contributed by atoms with E-state index in [1.807, 2.05) is 24.3 Å². The molecule has 0 bridgehead atoms. The lowest BCUT2D eigenvalue weighted by Crippen LogP contribution is -2.03. The third-order valence-corrected chi connectivity index (χ3v) is 3.21. The Kier molecular flexibility index (Phi) is 4.93. The first-order valence-electron chi connectivity index (χ1n) is 6.47. The van der Waals surface area contributed by atoms with Crippen molar-refractivity contribution in [1.82, 2.24) is 9.97 Å². The van der Waals surface area contributed by atoms with Crippen molar-refractivity contribution >= 4 is 23.1 Å². The van der Waals surface area contributed by atoms with E-state index < -0.39 is 0 Å². The Morgan fingerprint density at radius 2 is 2.10 bits per heavy atom. The summed E-state index contributed by atoms with van der Waals surface area (Å²) in [6.45, 7) is 4.71. The molecular weight excluding hydrogens is 274 g/mol. The number of anilines is 2. The van der Waals surface area contributed by atoms with Gasteiger partial charge in [-0.05, 0) is 23.6 Å². The van der Waals surface area contributed by atoms with Gasteiger partial charge < -0.3 is 10.1 Å². The Labute approximate surface area is 124 Å². The predicted octanol–water partition coefficient (Wildman–Crippen LogP) is 4.14. The molecule has 2 rings (SSSR count). The van der Waals surface area contributed by atoms with Crippen LogP contribution in [0.4, 0.5) is 11.5 Å². The summed E-state index contributed by atoms with van der Waals surface area (Å²) in [4.78, 5) is 8.34. The first-order chi connectivity index (χ1) is 9.61. The van der Waals surface area contributed by atoms with Crippen LogP contribution in [0.2, 0.25) is 5.15 Å². The van der Waals surface area contributed by atoms with Crippen LogP contribution in [-0.2, 0) is 11.3 Å². The molecule has 1 N–H and O–H groups in total. The number of halogens is 1. The van der Waals surface area contributed by atoms with Gasteiger partial charge in [-0.1, -0.05) is 37.6 Å². The van der Waals surface area contributed by atoms with Crippen LogP contribution in [0.5, 0.6) is 0 Å². The number of benzene rings is 1. The van der Waals surface area contributed by atoms with Crippen molar-refractivity contribution < 1.29 is 4.74 Å². The van der Waals surface area contributed by atoms with Crippen LogP contribution >= 0.6 is 11.6 Å². The van der Waals surface area contributed by atoms with Gasteiger partial charge in [0, 0.05) is 18.4 Å². The van der Waals surface area contributed by atoms with E-state index in [2.05, 4.69) is 29.1 Å². The summed E-state index contributed by atoms with van der Waals surface area (Å²) in [6, 6.07) is 8.02. The van der Waals surface area contributed by atoms with Crippen molar-refractivity contribution in [3.8, 4) is 0 Å². The van der Waals surface area contributed by atoms with Crippen LogP contribution < -0.4 is 5.32 Å². The minimum absolute atomic E-state index is 0.244. The highest BCUT2D eigenvalue weighted by Gasteiger charge is 2.13. The van der Waals surface area contributed by atoms with Gasteiger partial charge in [0.1, 0.15) is 17.3 Å². The van der Waals surface area contributed by atoms with E-state index in [-0.39, 0.29) is 5.92 Å². The van der Waals surface area contributed by atoms with Crippen LogP contribution in [0.25, 0.3) is 0 Å². The molecule has 1 aromatic heterocycles. The molecule has 0 unspecified atom stereocenters. The molecule has 20 heavy (non-hydrogen) atoms. The molecule has 1 heterocycles. The quantitative estimate of drug-likeness (QED) is 0.841. The fourth-order valence-electron chi connectivity index (χ4n) is 2.03. The number of nitrogens with zero attached hydrogens (tertiary/aromatic N) is 2. The summed E-state index contributed by atoms with van der Waals surface area (Å²) in [5, 5.41) is 3.79. The van der Waals surface area contributed by atoms with Gasteiger partial charge in [0.25, 0.3) is 0 Å². The molecule has 0 saturated carbocycles. The molecule has 0 amide bonds. The van der Waals surface area contributed by atoms with E-state index in [4.69, 9.17) is 16.3 Å². The van der Waals surface area contributed by atoms with E-state index in [1.165, 1.54) is 6.33 Å². The second-order valence-corrected chi connectivity index (χ2v) is 5.20. The van der Waals surface area contributed by atoms with Gasteiger partial charge in [0.2, 0.25) is 0 Å². The maximum atomic E-state index is 6.16. The van der Waals surface area contributed by atoms with E-state index in [0.717, 1.165) is 22.6 Å². The maximum Gasteiger partial charge on any atom is 0.138 e. The highest BCUT2D eigenvalue weighted by Crippen LogP contribution is 2.30. The van der Waals surface area contributed by atoms with Crippen LogP contribution in [0, 0.1) is 0 Å².